The van der Waals surface area contributed by atoms with Crippen LogP contribution in [-0.4, -0.2) is 123 Å². The number of benzene rings is 9. The van der Waals surface area contributed by atoms with Crippen molar-refractivity contribution >= 4 is 130 Å². The van der Waals surface area contributed by atoms with Gasteiger partial charge in [-0.05, 0) is 169 Å². The number of aromatic nitrogens is 10. The summed E-state index contributed by atoms with van der Waals surface area (Å²) in [4.78, 5) is 97.7. The number of nitrogens with two attached hydrogens (primary N) is 2. The number of Topliss-reactive ketones (excluding diaryl/α,β-unsaturated/α-hetero) is 1. The molecule has 0 fully saturated rings. The Kier molecular flexibility index (Phi) is 32.5. The molecule has 0 aliphatic carbocycles. The van der Waals surface area contributed by atoms with E-state index >= 15 is 0 Å². The third-order valence-corrected chi connectivity index (χ3v) is 18.0. The van der Waals surface area contributed by atoms with Gasteiger partial charge in [0.05, 0.1) is 66.6 Å². The molecule has 0 atom stereocenters. The van der Waals surface area contributed by atoms with Crippen LogP contribution in [0.15, 0.2) is 234 Å². The maximum absolute atomic E-state index is 13.3. The molecule has 0 radical (unpaired) electrons. The first-order chi connectivity index (χ1) is 56.1. The number of carbonyl (C=O) groups excluding carboxylic acids is 3. The van der Waals surface area contributed by atoms with Gasteiger partial charge in [-0.15, -0.1) is 0 Å². The minimum atomic E-state index is -1.10. The van der Waals surface area contributed by atoms with E-state index in [0.29, 0.717) is 100 Å². The zero-order chi connectivity index (χ0) is 83.4. The van der Waals surface area contributed by atoms with Crippen molar-refractivity contribution in [1.29, 1.82) is 0 Å². The highest BCUT2D eigenvalue weighted by molar-refractivity contribution is 6.32. The average molecular weight is 1610 g/mol. The fraction of sp³-hybridized carbons (Fsp3) is 0.213. The first-order valence-corrected chi connectivity index (χ1v) is 38.1. The van der Waals surface area contributed by atoms with E-state index in [2.05, 4.69) is 34.9 Å². The number of para-hydroxylation sites is 10. The Balaban J connectivity index is 0.000000162. The summed E-state index contributed by atoms with van der Waals surface area (Å²) in [7, 11) is 5.70. The van der Waals surface area contributed by atoms with Gasteiger partial charge in [0.15, 0.2) is 35.3 Å². The summed E-state index contributed by atoms with van der Waals surface area (Å²) < 4.78 is 37.3. The highest BCUT2D eigenvalue weighted by Gasteiger charge is 2.24. The molecule has 6 heterocycles. The van der Waals surface area contributed by atoms with Crippen LogP contribution < -0.4 is 22.6 Å². The minimum absolute atomic E-state index is 0.0704. The first-order valence-electron chi connectivity index (χ1n) is 37.3. The standard InChI is InChI=1S/C26H18ClN3O2.C17H12ClNO2.C13H18N2O2.C12H16N2O2.C9H8N2O.C6H8N2.C6H12O4/c1-30-21-10-6-5-9-20(21)28-23(30)14-13-22(31)25-24(16-7-3-2-4-8-16)18-15-17(27)11-12-19(18)29-26(25)32;1-10(20)15-16(11-5-3-2-4-6-11)13-9-12(18)7-8-14(13)19-17(15)21;1-4-16-13(17-5-2)12-14-10-8-6-7-9-11(10)15(12)3;1-3-15-12(16-4-2)11-13-9-7-5-6-8-10(9)14-11;1-11-8-5-3-2-4-7(8)10-9(11)6-12;7-5-3-1-2-4-6(5)8;1-3-9-6(5(7)8)10-4-2/h2-15H,1H3,(H,29,32);2-9H,1H3,(H,19,21);6-9,13H,4-5H2,1-3H3;5-8,12H,3-4H2,1-2H3,(H,13,14);2-6H,1H3;1-4H,7-8H2;6H,3-4H2,1-2H3,(H,7,8)/b14-13+;;;;;;. The van der Waals surface area contributed by atoms with Crippen molar-refractivity contribution in [3.05, 3.63) is 290 Å². The quantitative estimate of drug-likeness (QED) is 0.0121. The lowest BCUT2D eigenvalue weighted by molar-refractivity contribution is -0.187. The van der Waals surface area contributed by atoms with Crippen molar-refractivity contribution in [3.63, 3.8) is 0 Å². The molecule has 116 heavy (non-hydrogen) atoms. The molecule has 8 N–H and O–H groups in total. The summed E-state index contributed by atoms with van der Waals surface area (Å²) in [6, 6.07) is 67.8. The van der Waals surface area contributed by atoms with Gasteiger partial charge in [-0.3, -0.25) is 24.0 Å². The number of aromatic amines is 3. The van der Waals surface area contributed by atoms with Crippen molar-refractivity contribution in [3.8, 4) is 22.3 Å². The second-order valence-electron chi connectivity index (χ2n) is 25.3. The lowest BCUT2D eigenvalue weighted by Crippen LogP contribution is -2.26. The summed E-state index contributed by atoms with van der Waals surface area (Å²) in [5.41, 5.74) is 23.2. The second-order valence-corrected chi connectivity index (χ2v) is 26.2. The molecule has 15 rings (SSSR count). The van der Waals surface area contributed by atoms with Gasteiger partial charge in [0.25, 0.3) is 17.4 Å². The van der Waals surface area contributed by atoms with E-state index in [1.54, 1.807) is 73.0 Å². The van der Waals surface area contributed by atoms with E-state index in [4.69, 9.17) is 68.2 Å². The number of rotatable bonds is 22. The van der Waals surface area contributed by atoms with Gasteiger partial charge in [0.2, 0.25) is 12.6 Å². The number of hydrogen-bond donors (Lipinski definition) is 6. The molecular weight excluding hydrogens is 1520 g/mol. The number of halogens is 2. The molecule has 15 aromatic rings. The fourth-order valence-corrected chi connectivity index (χ4v) is 12.5. The molecule has 0 saturated heterocycles. The number of fused-ring (bicyclic) bond motifs is 6. The summed E-state index contributed by atoms with van der Waals surface area (Å²) in [6.45, 7) is 15.7. The SMILES string of the molecule is CC(=O)c1c(-c2ccccc2)c2cc(Cl)ccc2[nH]c1=O.CCOC(OCC)C(=O)O.CCOC(OCC)c1nc2ccccc2[nH]1.CCOC(OCC)c1nc2ccccc2n1C.Cn1c(/C=C/C(=O)c2c(-c3ccccc3)c3cc(Cl)ccc3[nH]c2=O)nc2ccccc21.Cn1c(C=O)nc2ccccc21.Nc1ccccc1N. The third-order valence-electron chi connectivity index (χ3n) is 17.6. The number of nitrogens with zero attached hydrogens (tertiary/aromatic N) is 7. The van der Waals surface area contributed by atoms with Crippen LogP contribution in [0.1, 0.15) is 110 Å². The number of imidazole rings is 4. The lowest BCUT2D eigenvalue weighted by Gasteiger charge is -2.16. The van der Waals surface area contributed by atoms with Crippen LogP contribution in [0.25, 0.3) is 94.3 Å². The van der Waals surface area contributed by atoms with Crippen LogP contribution in [0.4, 0.5) is 11.4 Å². The van der Waals surface area contributed by atoms with Crippen molar-refractivity contribution in [2.45, 2.75) is 67.3 Å². The highest BCUT2D eigenvalue weighted by Crippen LogP contribution is 2.34. The number of carboxylic acids is 1. The predicted octanol–water partition coefficient (Wildman–Crippen LogP) is 17.7. The third kappa shape index (κ3) is 22.5. The smallest absolute Gasteiger partial charge is 0.361 e. The van der Waals surface area contributed by atoms with Gasteiger partial charge in [0, 0.05) is 104 Å². The molecule has 0 unspecified atom stereocenters. The van der Waals surface area contributed by atoms with Crippen molar-refractivity contribution in [1.82, 2.24) is 48.6 Å². The number of H-pyrrole nitrogens is 3. The van der Waals surface area contributed by atoms with E-state index in [0.717, 1.165) is 78.6 Å². The molecule has 600 valence electrons. The molecule has 0 aliphatic heterocycles. The maximum Gasteiger partial charge on any atom is 0.361 e. The largest absolute Gasteiger partial charge is 0.477 e. The lowest BCUT2D eigenvalue weighted by atomic mass is 9.94. The summed E-state index contributed by atoms with van der Waals surface area (Å²) in [5.74, 6) is 0.886. The van der Waals surface area contributed by atoms with Gasteiger partial charge < -0.3 is 73.6 Å². The van der Waals surface area contributed by atoms with Crippen molar-refractivity contribution < 1.29 is 52.7 Å². The number of anilines is 2. The number of aryl methyl sites for hydroxylation is 3. The predicted molar refractivity (Wildman–Crippen MR) is 459 cm³/mol. The van der Waals surface area contributed by atoms with Crippen LogP contribution in [0, 0.1) is 0 Å². The van der Waals surface area contributed by atoms with Gasteiger partial charge in [-0.2, -0.15) is 0 Å². The number of nitrogens with one attached hydrogen (secondary N) is 3. The number of ketones is 2. The van der Waals surface area contributed by atoms with Crippen molar-refractivity contribution in [2.75, 3.05) is 51.1 Å². The Bertz CT molecular complexity index is 5910. The van der Waals surface area contributed by atoms with Crippen LogP contribution in [0.2, 0.25) is 10.0 Å². The number of carbonyl (C=O) groups is 4. The zero-order valence-corrected chi connectivity index (χ0v) is 67.4. The van der Waals surface area contributed by atoms with E-state index in [1.165, 1.54) is 13.0 Å². The fourth-order valence-electron chi connectivity index (χ4n) is 12.2. The second kappa shape index (κ2) is 43.1. The molecule has 0 amide bonds. The van der Waals surface area contributed by atoms with Crippen molar-refractivity contribution in [2.24, 2.45) is 21.1 Å². The summed E-state index contributed by atoms with van der Waals surface area (Å²) >= 11 is 12.3. The van der Waals surface area contributed by atoms with Crippen LogP contribution in [0.5, 0.6) is 0 Å². The number of pyridine rings is 2. The molecule has 0 saturated carbocycles. The topological polar surface area (TPSA) is 344 Å². The number of aliphatic carboxylic acids is 1. The van der Waals surface area contributed by atoms with Gasteiger partial charge in [0.1, 0.15) is 5.82 Å². The average Bonchev–Trinajstić information content (AvgIpc) is 1.32. The van der Waals surface area contributed by atoms with Gasteiger partial charge >= 0.3 is 5.97 Å². The van der Waals surface area contributed by atoms with Crippen LogP contribution >= 0.6 is 23.2 Å². The first kappa shape index (κ1) is 87.4. The molecule has 25 nitrogen and oxygen atoms in total. The Labute approximate surface area is 679 Å². The Hall–Kier alpha value is -12.6. The number of nitrogen functional groups attached to an aromatic ring is 2. The number of carboxylic acid groups (broad SMARTS) is 1. The summed E-state index contributed by atoms with van der Waals surface area (Å²) in [6.07, 6.45) is 1.91. The zero-order valence-electron chi connectivity index (χ0n) is 65.9. The molecule has 0 aliphatic rings. The van der Waals surface area contributed by atoms with E-state index < -0.39 is 29.9 Å². The maximum atomic E-state index is 13.3. The van der Waals surface area contributed by atoms with Crippen LogP contribution in [0.3, 0.4) is 0 Å². The minimum Gasteiger partial charge on any atom is -0.477 e. The monoisotopic (exact) mass is 1610 g/mol. The number of hydrogen-bond acceptors (Lipinski definition) is 18. The van der Waals surface area contributed by atoms with E-state index in [-0.39, 0.29) is 28.8 Å². The molecule has 0 spiro atoms. The molecular formula is C89H92Cl2N12O13. The number of aldehydes is 1. The van der Waals surface area contributed by atoms with Gasteiger partial charge in [-0.25, -0.2) is 24.7 Å². The van der Waals surface area contributed by atoms with Crippen LogP contribution in [-0.2, 0) is 54.4 Å². The Morgan fingerprint density at radius 1 is 0.457 bits per heavy atom. The summed E-state index contributed by atoms with van der Waals surface area (Å²) in [5, 5.41) is 10.9. The molecule has 27 heteroatoms. The molecule has 9 aromatic carbocycles. The van der Waals surface area contributed by atoms with E-state index in [1.807, 2.05) is 228 Å². The normalized spacial score (nSPS) is 11.0. The highest BCUT2D eigenvalue weighted by atomic mass is 35.5. The van der Waals surface area contributed by atoms with Gasteiger partial charge in [-0.1, -0.05) is 145 Å². The molecule has 6 aromatic heterocycles. The Morgan fingerprint density at radius 3 is 1.28 bits per heavy atom. The molecule has 0 bridgehead atoms. The number of allylic oxidation sites excluding steroid dienone is 1. The number of ether oxygens (including phenoxy) is 6. The Morgan fingerprint density at radius 2 is 0.853 bits per heavy atom. The van der Waals surface area contributed by atoms with E-state index in [9.17, 15) is 28.8 Å².